The Labute approximate surface area is 180 Å². The highest BCUT2D eigenvalue weighted by Crippen LogP contribution is 2.34. The molecule has 0 saturated carbocycles. The van der Waals surface area contributed by atoms with Crippen LogP contribution in [0.4, 0.5) is 4.39 Å². The molecule has 2 heterocycles. The maximum absolute atomic E-state index is 14.2. The minimum absolute atomic E-state index is 0.0835. The predicted octanol–water partition coefficient (Wildman–Crippen LogP) is 2.76. The molecule has 2 aromatic carbocycles. The molecule has 0 bridgehead atoms. The van der Waals surface area contributed by atoms with Crippen molar-refractivity contribution in [2.75, 3.05) is 6.61 Å². The number of aromatic amines is 2. The lowest BCUT2D eigenvalue weighted by Crippen LogP contribution is -2.22. The number of nitrogens with one attached hydrogen (secondary N) is 2. The first-order valence-corrected chi connectivity index (χ1v) is 9.64. The van der Waals surface area contributed by atoms with Gasteiger partial charge in [0.15, 0.2) is 17.3 Å². The summed E-state index contributed by atoms with van der Waals surface area (Å²) in [6.45, 7) is 3.49. The average molecular weight is 439 g/mol. The van der Waals surface area contributed by atoms with Gasteiger partial charge in [-0.25, -0.2) is 19.3 Å². The third kappa shape index (κ3) is 4.13. The van der Waals surface area contributed by atoms with E-state index in [1.165, 1.54) is 19.1 Å². The zero-order chi connectivity index (χ0) is 22.8. The molecule has 164 valence electrons. The largest absolute Gasteiger partial charge is 0.493 e. The molecule has 0 spiro atoms. The second-order valence-corrected chi connectivity index (χ2v) is 6.84. The number of aliphatic carboxylic acids is 1. The van der Waals surface area contributed by atoms with E-state index in [4.69, 9.17) is 14.6 Å². The Morgan fingerprint density at radius 1 is 1.22 bits per heavy atom. The number of H-pyrrole nitrogens is 2. The number of nitrogens with zero attached hydrogens (tertiary/aromatic N) is 3. The number of hydrogen-bond acceptors (Lipinski definition) is 7. The van der Waals surface area contributed by atoms with Crippen LogP contribution >= 0.6 is 0 Å². The molecular weight excluding hydrogens is 421 g/mol. The Bertz CT molecular complexity index is 1370. The fraction of sp³-hybridized carbons (Fsp3) is 0.190. The number of rotatable bonds is 7. The Balaban J connectivity index is 1.77. The summed E-state index contributed by atoms with van der Waals surface area (Å²) < 4.78 is 25.2. The molecule has 0 fully saturated rings. The van der Waals surface area contributed by atoms with Gasteiger partial charge in [0.25, 0.3) is 5.56 Å². The molecule has 11 heteroatoms. The summed E-state index contributed by atoms with van der Waals surface area (Å²) in [5.41, 5.74) is 1.43. The van der Waals surface area contributed by atoms with Crippen LogP contribution < -0.4 is 15.0 Å². The van der Waals surface area contributed by atoms with Crippen molar-refractivity contribution in [1.29, 1.82) is 0 Å². The molecule has 10 nitrogen and oxygen atoms in total. The van der Waals surface area contributed by atoms with Gasteiger partial charge >= 0.3 is 5.97 Å². The highest BCUT2D eigenvalue weighted by atomic mass is 19.1. The van der Waals surface area contributed by atoms with E-state index in [1.54, 1.807) is 25.1 Å². The van der Waals surface area contributed by atoms with Gasteiger partial charge in [0.05, 0.1) is 12.2 Å². The molecule has 2 aromatic heterocycles. The fourth-order valence-corrected chi connectivity index (χ4v) is 3.11. The van der Waals surface area contributed by atoms with Crippen LogP contribution in [0.2, 0.25) is 0 Å². The summed E-state index contributed by atoms with van der Waals surface area (Å²) >= 11 is 0. The molecule has 0 aliphatic heterocycles. The molecule has 32 heavy (non-hydrogen) atoms. The molecule has 4 aromatic rings. The monoisotopic (exact) mass is 439 g/mol. The van der Waals surface area contributed by atoms with Crippen molar-refractivity contribution in [2.45, 2.75) is 20.0 Å². The molecule has 3 N–H and O–H groups in total. The van der Waals surface area contributed by atoms with Gasteiger partial charge in [-0.15, -0.1) is 5.10 Å². The van der Waals surface area contributed by atoms with Gasteiger partial charge in [-0.1, -0.05) is 11.3 Å². The van der Waals surface area contributed by atoms with Gasteiger partial charge < -0.3 is 19.6 Å². The van der Waals surface area contributed by atoms with Crippen LogP contribution in [0, 0.1) is 5.82 Å². The van der Waals surface area contributed by atoms with E-state index in [9.17, 15) is 14.0 Å². The number of fused-ring (bicyclic) bond motifs is 1. The standard InChI is InChI=1S/C21H18FN5O5/c1-3-31-16-8-11(12-6-13(22)9-14(7-12)32-10(2)21(29)30)4-5-15(16)18-23-19-17(20(28)24-18)25-27-26-19/h4-10H,3H2,1-2H3,(H,29,30)(H2,23,24,25,26,27,28)/t10-/m0/s1. The van der Waals surface area contributed by atoms with Crippen molar-refractivity contribution < 1.29 is 23.8 Å². The van der Waals surface area contributed by atoms with Gasteiger partial charge in [-0.3, -0.25) is 4.79 Å². The van der Waals surface area contributed by atoms with Crippen LogP contribution in [0.25, 0.3) is 33.7 Å². The van der Waals surface area contributed by atoms with E-state index >= 15 is 0 Å². The van der Waals surface area contributed by atoms with E-state index < -0.39 is 23.4 Å². The van der Waals surface area contributed by atoms with Gasteiger partial charge in [0, 0.05) is 6.07 Å². The normalized spacial score (nSPS) is 12.0. The van der Waals surface area contributed by atoms with Crippen molar-refractivity contribution in [2.24, 2.45) is 0 Å². The third-order valence-corrected chi connectivity index (χ3v) is 4.60. The Morgan fingerprint density at radius 3 is 2.78 bits per heavy atom. The second-order valence-electron chi connectivity index (χ2n) is 6.84. The maximum Gasteiger partial charge on any atom is 0.344 e. The second kappa shape index (κ2) is 8.46. The van der Waals surface area contributed by atoms with E-state index in [0.717, 1.165) is 6.07 Å². The van der Waals surface area contributed by atoms with Crippen molar-refractivity contribution in [1.82, 2.24) is 25.4 Å². The lowest BCUT2D eigenvalue weighted by molar-refractivity contribution is -0.144. The first-order valence-electron chi connectivity index (χ1n) is 9.64. The summed E-state index contributed by atoms with van der Waals surface area (Å²) in [5.74, 6) is -1.00. The number of carboxylic acids is 1. The quantitative estimate of drug-likeness (QED) is 0.399. The molecule has 0 aliphatic rings. The molecular formula is C21H18FN5O5. The number of carbonyl (C=O) groups is 1. The molecule has 0 aliphatic carbocycles. The van der Waals surface area contributed by atoms with E-state index in [2.05, 4.69) is 25.4 Å². The molecule has 0 radical (unpaired) electrons. The first kappa shape index (κ1) is 21.0. The van der Waals surface area contributed by atoms with Gasteiger partial charge in [-0.05, 0) is 49.2 Å². The third-order valence-electron chi connectivity index (χ3n) is 4.60. The number of hydrogen-bond donors (Lipinski definition) is 3. The highest BCUT2D eigenvalue weighted by Gasteiger charge is 2.17. The molecule has 0 amide bonds. The molecule has 0 unspecified atom stereocenters. The van der Waals surface area contributed by atoms with E-state index in [1.807, 2.05) is 0 Å². The fourth-order valence-electron chi connectivity index (χ4n) is 3.11. The number of halogens is 1. The molecule has 0 saturated heterocycles. The SMILES string of the molecule is CCOc1cc(-c2cc(F)cc(O[C@@H](C)C(=O)O)c2)ccc1-c1nc2[nH]nnc2c(=O)[nH]1. The highest BCUT2D eigenvalue weighted by molar-refractivity contribution is 5.77. The van der Waals surface area contributed by atoms with Crippen LogP contribution in [0.15, 0.2) is 41.2 Å². The zero-order valence-electron chi connectivity index (χ0n) is 17.0. The predicted molar refractivity (Wildman–Crippen MR) is 112 cm³/mol. The van der Waals surface area contributed by atoms with Gasteiger partial charge in [0.2, 0.25) is 0 Å². The van der Waals surface area contributed by atoms with Gasteiger partial charge in [-0.2, -0.15) is 0 Å². The van der Waals surface area contributed by atoms with Crippen molar-refractivity contribution in [3.8, 4) is 34.0 Å². The Morgan fingerprint density at radius 2 is 2.03 bits per heavy atom. The van der Waals surface area contributed by atoms with Crippen LogP contribution in [0.5, 0.6) is 11.5 Å². The summed E-state index contributed by atoms with van der Waals surface area (Å²) in [6.07, 6.45) is -1.14. The smallest absolute Gasteiger partial charge is 0.344 e. The summed E-state index contributed by atoms with van der Waals surface area (Å²) in [6, 6.07) is 9.00. The molecule has 1 atom stereocenters. The number of benzene rings is 2. The maximum atomic E-state index is 14.2. The first-order chi connectivity index (χ1) is 15.4. The number of aromatic nitrogens is 5. The Hall–Kier alpha value is -4.28. The van der Waals surface area contributed by atoms with Crippen molar-refractivity contribution in [3.05, 3.63) is 52.6 Å². The van der Waals surface area contributed by atoms with Crippen molar-refractivity contribution in [3.63, 3.8) is 0 Å². The number of ether oxygens (including phenoxy) is 2. The minimum atomic E-state index is -1.16. The average Bonchev–Trinajstić information content (AvgIpc) is 3.23. The van der Waals surface area contributed by atoms with Gasteiger partial charge in [0.1, 0.15) is 23.1 Å². The summed E-state index contributed by atoms with van der Waals surface area (Å²) in [4.78, 5) is 30.3. The lowest BCUT2D eigenvalue weighted by atomic mass is 10.0. The van der Waals surface area contributed by atoms with Crippen molar-refractivity contribution >= 4 is 17.1 Å². The van der Waals surface area contributed by atoms with Crippen LogP contribution in [-0.2, 0) is 4.79 Å². The topological polar surface area (TPSA) is 143 Å². The van der Waals surface area contributed by atoms with E-state index in [0.29, 0.717) is 29.0 Å². The summed E-state index contributed by atoms with van der Waals surface area (Å²) in [7, 11) is 0. The number of carboxylic acid groups (broad SMARTS) is 1. The van der Waals surface area contributed by atoms with Crippen LogP contribution in [0.3, 0.4) is 0 Å². The zero-order valence-corrected chi connectivity index (χ0v) is 17.0. The minimum Gasteiger partial charge on any atom is -0.493 e. The van der Waals surface area contributed by atoms with E-state index in [-0.39, 0.29) is 22.7 Å². The summed E-state index contributed by atoms with van der Waals surface area (Å²) in [5, 5.41) is 18.9. The Kier molecular flexibility index (Phi) is 5.54. The van der Waals surface area contributed by atoms with Crippen LogP contribution in [0.1, 0.15) is 13.8 Å². The van der Waals surface area contributed by atoms with Crippen LogP contribution in [-0.4, -0.2) is 49.2 Å². The lowest BCUT2D eigenvalue weighted by Gasteiger charge is -2.14. The molecule has 4 rings (SSSR count).